The van der Waals surface area contributed by atoms with E-state index < -0.39 is 32.5 Å². The van der Waals surface area contributed by atoms with E-state index in [0.717, 1.165) is 51.4 Å². The van der Waals surface area contributed by atoms with Gasteiger partial charge in [-0.3, -0.25) is 14.4 Å². The molecule has 10 nitrogen and oxygen atoms in total. The Balaban J connectivity index is -0.00000648. The Morgan fingerprint density at radius 1 is 0.718 bits per heavy atom. The number of phosphoric ester groups is 1. The molecule has 1 N–H and O–H groups in total. The van der Waals surface area contributed by atoms with Gasteiger partial charge in [0.1, 0.15) is 6.61 Å². The van der Waals surface area contributed by atoms with Crippen LogP contribution in [0.25, 0.3) is 0 Å². The van der Waals surface area contributed by atoms with Gasteiger partial charge in [0, 0.05) is 26.3 Å². The van der Waals surface area contributed by atoms with Gasteiger partial charge in [-0.2, -0.15) is 0 Å². The molecule has 13 heteroatoms. The molecule has 0 unspecified atom stereocenters. The first kappa shape index (κ1) is 44.0. The number of unbranched alkanes of at least 4 members (excludes halogenated alkanes) is 13. The number of esters is 2. The van der Waals surface area contributed by atoms with E-state index in [0.29, 0.717) is 19.4 Å². The summed E-state index contributed by atoms with van der Waals surface area (Å²) < 4.78 is 25.4. The molecule has 0 spiro atoms. The molecule has 0 aliphatic rings. The number of phosphoric acid groups is 1. The molecular weight excluding hydrogens is 547 g/mol. The van der Waals surface area contributed by atoms with E-state index in [9.17, 15) is 28.7 Å². The van der Waals surface area contributed by atoms with Crippen molar-refractivity contribution in [3.05, 3.63) is 0 Å². The molecule has 1 atom stereocenters. The van der Waals surface area contributed by atoms with Gasteiger partial charge in [-0.15, -0.1) is 0 Å². The van der Waals surface area contributed by atoms with Crippen LogP contribution in [-0.4, -0.2) is 43.7 Å². The van der Waals surface area contributed by atoms with E-state index in [2.05, 4.69) is 16.8 Å². The Morgan fingerprint density at radius 2 is 1.18 bits per heavy atom. The number of carbonyl (C=O) groups excluding carboxylic acids is 3. The summed E-state index contributed by atoms with van der Waals surface area (Å²) in [5, 5.41) is 2.75. The van der Waals surface area contributed by atoms with Gasteiger partial charge in [0.25, 0.3) is 0 Å². The van der Waals surface area contributed by atoms with Crippen molar-refractivity contribution >= 4 is 25.7 Å². The van der Waals surface area contributed by atoms with Crippen molar-refractivity contribution < 1.29 is 102 Å². The van der Waals surface area contributed by atoms with Crippen molar-refractivity contribution in [1.82, 2.24) is 5.32 Å². The minimum atomic E-state index is -5.25. The molecule has 0 aromatic rings. The predicted molar refractivity (Wildman–Crippen MR) is 137 cm³/mol. The normalized spacial score (nSPS) is 11.6. The van der Waals surface area contributed by atoms with Gasteiger partial charge in [-0.05, 0) is 19.3 Å². The number of hydrogen-bond acceptors (Lipinski definition) is 9. The summed E-state index contributed by atoms with van der Waals surface area (Å²) in [5.41, 5.74) is 0. The topological polar surface area (TPSA) is 154 Å². The van der Waals surface area contributed by atoms with E-state index in [1.165, 1.54) is 39.0 Å². The van der Waals surface area contributed by atoms with Crippen LogP contribution in [0.4, 0.5) is 0 Å². The predicted octanol–water partition coefficient (Wildman–Crippen LogP) is -1.92. The largest absolute Gasteiger partial charge is 1.00 e. The summed E-state index contributed by atoms with van der Waals surface area (Å²) in [7, 11) is -5.25. The third-order valence-corrected chi connectivity index (χ3v) is 6.28. The van der Waals surface area contributed by atoms with Gasteiger partial charge in [-0.25, -0.2) is 0 Å². The molecule has 0 saturated heterocycles. The number of amides is 1. The van der Waals surface area contributed by atoms with E-state index in [4.69, 9.17) is 9.47 Å². The van der Waals surface area contributed by atoms with Crippen molar-refractivity contribution in [2.24, 2.45) is 0 Å². The maximum absolute atomic E-state index is 12.1. The summed E-state index contributed by atoms with van der Waals surface area (Å²) in [6, 6.07) is 0. The smallest absolute Gasteiger partial charge is 0.790 e. The van der Waals surface area contributed by atoms with Crippen LogP contribution >= 0.6 is 7.82 Å². The molecule has 0 bridgehead atoms. The second-order valence-electron chi connectivity index (χ2n) is 9.47. The molecule has 0 aromatic heterocycles. The van der Waals surface area contributed by atoms with Crippen LogP contribution in [0.15, 0.2) is 0 Å². The van der Waals surface area contributed by atoms with Crippen LogP contribution < -0.4 is 74.2 Å². The zero-order chi connectivity index (χ0) is 27.8. The summed E-state index contributed by atoms with van der Waals surface area (Å²) >= 11 is 0. The molecular formula is C26H48NNa2O9P. The fourth-order valence-corrected chi connectivity index (χ4v) is 4.09. The number of carbonyl (C=O) groups is 3. The summed E-state index contributed by atoms with van der Waals surface area (Å²) in [6.07, 6.45) is 14.5. The van der Waals surface area contributed by atoms with Crippen molar-refractivity contribution in [3.63, 3.8) is 0 Å². The zero-order valence-corrected chi connectivity index (χ0v) is 29.7. The van der Waals surface area contributed by atoms with Crippen LogP contribution in [0.5, 0.6) is 0 Å². The molecule has 218 valence electrons. The van der Waals surface area contributed by atoms with E-state index in [1.54, 1.807) is 0 Å². The van der Waals surface area contributed by atoms with Crippen LogP contribution in [0.1, 0.15) is 123 Å². The van der Waals surface area contributed by atoms with Crippen LogP contribution in [-0.2, 0) is 32.9 Å². The molecule has 0 saturated carbocycles. The van der Waals surface area contributed by atoms with E-state index in [1.807, 2.05) is 0 Å². The molecule has 0 aliphatic carbocycles. The fraction of sp³-hybridized carbons (Fsp3) is 0.885. The number of hydrogen-bond donors (Lipinski definition) is 1. The molecule has 0 heterocycles. The molecule has 0 aliphatic heterocycles. The number of rotatable bonds is 25. The van der Waals surface area contributed by atoms with Gasteiger partial charge in [-0.1, -0.05) is 84.0 Å². The zero-order valence-electron chi connectivity index (χ0n) is 24.8. The van der Waals surface area contributed by atoms with Crippen molar-refractivity contribution in [3.8, 4) is 0 Å². The molecule has 0 radical (unpaired) electrons. The first-order valence-electron chi connectivity index (χ1n) is 13.9. The Hall–Kier alpha value is 0.520. The molecule has 39 heavy (non-hydrogen) atoms. The molecule has 0 fully saturated rings. The number of ether oxygens (including phenoxy) is 2. The van der Waals surface area contributed by atoms with Gasteiger partial charge >= 0.3 is 71.1 Å². The average Bonchev–Trinajstić information content (AvgIpc) is 2.82. The summed E-state index contributed by atoms with van der Waals surface area (Å²) in [6.45, 7) is 3.29. The van der Waals surface area contributed by atoms with E-state index in [-0.39, 0.29) is 84.5 Å². The molecule has 0 rings (SSSR count). The SMILES string of the molecule is CCCCCCCCCCCC(=O)O[C@H](COC(=O)CCCCCCCCNC(C)=O)COP(=O)([O-])[O-].[Na+].[Na+]. The van der Waals surface area contributed by atoms with Gasteiger partial charge < -0.3 is 33.7 Å². The van der Waals surface area contributed by atoms with E-state index >= 15 is 0 Å². The second kappa shape index (κ2) is 30.0. The Bertz CT molecular complexity index is 665. The third-order valence-electron chi connectivity index (χ3n) is 5.81. The standard InChI is InChI=1S/C26H50NO9P.2Na/c1-3-4-5-6-7-8-9-13-16-19-26(30)36-24(22-35-37(31,32)33)21-34-25(29)18-15-12-10-11-14-17-20-27-23(2)28;;/h24H,3-22H2,1-2H3,(H,27,28)(H2,31,32,33);;/q;2*+1/p-2/t24-;;/m1../s1. The van der Waals surface area contributed by atoms with Crippen molar-refractivity contribution in [2.75, 3.05) is 19.8 Å². The minimum Gasteiger partial charge on any atom is -0.790 e. The fourth-order valence-electron chi connectivity index (χ4n) is 3.74. The molecule has 0 aromatic carbocycles. The second-order valence-corrected chi connectivity index (χ2v) is 10.6. The first-order valence-corrected chi connectivity index (χ1v) is 15.4. The molecule has 1 amide bonds. The monoisotopic (exact) mass is 595 g/mol. The average molecular weight is 596 g/mol. The third kappa shape index (κ3) is 34.6. The number of nitrogens with one attached hydrogen (secondary N) is 1. The van der Waals surface area contributed by atoms with Crippen LogP contribution in [0.3, 0.4) is 0 Å². The van der Waals surface area contributed by atoms with Crippen molar-refractivity contribution in [1.29, 1.82) is 0 Å². The Kier molecular flexibility index (Phi) is 33.8. The van der Waals surface area contributed by atoms with Gasteiger partial charge in [0.05, 0.1) is 14.4 Å². The summed E-state index contributed by atoms with van der Waals surface area (Å²) in [4.78, 5) is 56.6. The summed E-state index contributed by atoms with van der Waals surface area (Å²) in [5.74, 6) is -1.06. The maximum atomic E-state index is 12.1. The maximum Gasteiger partial charge on any atom is 1.00 e. The van der Waals surface area contributed by atoms with Crippen molar-refractivity contribution in [2.45, 2.75) is 129 Å². The minimum absolute atomic E-state index is 0. The Labute approximate surface area is 279 Å². The van der Waals surface area contributed by atoms with Crippen LogP contribution in [0, 0.1) is 0 Å². The Morgan fingerprint density at radius 3 is 1.67 bits per heavy atom. The quantitative estimate of drug-likeness (QED) is 0.0551. The van der Waals surface area contributed by atoms with Gasteiger partial charge in [0.15, 0.2) is 6.10 Å². The van der Waals surface area contributed by atoms with Crippen LogP contribution in [0.2, 0.25) is 0 Å². The van der Waals surface area contributed by atoms with Gasteiger partial charge in [0.2, 0.25) is 5.91 Å². The first-order chi connectivity index (χ1) is 17.6.